The first-order valence-corrected chi connectivity index (χ1v) is 6.51. The molecule has 0 fully saturated rings. The monoisotopic (exact) mass is 325 g/mol. The number of aromatic nitrogens is 2. The van der Waals surface area contributed by atoms with Crippen LogP contribution in [0.1, 0.15) is 15.9 Å². The Bertz CT molecular complexity index is 707. The Balaban J connectivity index is 2.16. The van der Waals surface area contributed by atoms with Crippen molar-refractivity contribution in [3.8, 4) is 0 Å². The number of carbonyl (C=O) groups is 2. The summed E-state index contributed by atoms with van der Waals surface area (Å²) in [5.41, 5.74) is 0.457. The average Bonchev–Trinajstić information content (AvgIpc) is 2.44. The number of hydrogen-bond donors (Lipinski definition) is 2. The Morgan fingerprint density at radius 1 is 1.19 bits per heavy atom. The van der Waals surface area contributed by atoms with E-state index in [2.05, 4.69) is 15.3 Å². The number of benzene rings is 1. The number of halogens is 2. The van der Waals surface area contributed by atoms with Gasteiger partial charge in [0.2, 0.25) is 5.91 Å². The lowest BCUT2D eigenvalue weighted by molar-refractivity contribution is -0.115. The highest BCUT2D eigenvalue weighted by molar-refractivity contribution is 6.42. The SMILES string of the molecule is O=C(Cc1ccccc1C(=O)O)Nc1ncnc(Cl)c1Cl. The number of amides is 1. The zero-order valence-electron chi connectivity index (χ0n) is 10.5. The molecule has 1 amide bonds. The van der Waals surface area contributed by atoms with Crippen molar-refractivity contribution in [1.82, 2.24) is 9.97 Å². The summed E-state index contributed by atoms with van der Waals surface area (Å²) in [6.07, 6.45) is 1.04. The second-order valence-corrected chi connectivity index (χ2v) is 4.75. The molecule has 0 saturated heterocycles. The number of hydrogen-bond acceptors (Lipinski definition) is 4. The Morgan fingerprint density at radius 2 is 1.90 bits per heavy atom. The molecule has 0 aliphatic carbocycles. The maximum atomic E-state index is 12.0. The van der Waals surface area contributed by atoms with E-state index >= 15 is 0 Å². The van der Waals surface area contributed by atoms with Gasteiger partial charge < -0.3 is 10.4 Å². The summed E-state index contributed by atoms with van der Waals surface area (Å²) in [5, 5.41) is 11.6. The zero-order valence-corrected chi connectivity index (χ0v) is 12.0. The third-order valence-corrected chi connectivity index (χ3v) is 3.34. The quantitative estimate of drug-likeness (QED) is 0.843. The molecule has 1 aromatic carbocycles. The summed E-state index contributed by atoms with van der Waals surface area (Å²) in [6, 6.07) is 6.24. The molecule has 2 rings (SSSR count). The molecule has 21 heavy (non-hydrogen) atoms. The maximum absolute atomic E-state index is 12.0. The van der Waals surface area contributed by atoms with Crippen molar-refractivity contribution in [1.29, 1.82) is 0 Å². The van der Waals surface area contributed by atoms with Gasteiger partial charge in [0.25, 0.3) is 0 Å². The van der Waals surface area contributed by atoms with Crippen LogP contribution in [0, 0.1) is 0 Å². The van der Waals surface area contributed by atoms with E-state index in [-0.39, 0.29) is 28.0 Å². The first-order valence-electron chi connectivity index (χ1n) is 5.76. The van der Waals surface area contributed by atoms with Gasteiger partial charge in [0, 0.05) is 0 Å². The van der Waals surface area contributed by atoms with Crippen LogP contribution in [0.5, 0.6) is 0 Å². The summed E-state index contributed by atoms with van der Waals surface area (Å²) in [5.74, 6) is -1.48. The third-order valence-electron chi connectivity index (χ3n) is 2.60. The molecule has 108 valence electrons. The molecule has 8 heteroatoms. The van der Waals surface area contributed by atoms with E-state index in [4.69, 9.17) is 28.3 Å². The molecule has 0 spiro atoms. The van der Waals surface area contributed by atoms with Gasteiger partial charge in [0.1, 0.15) is 11.3 Å². The van der Waals surface area contributed by atoms with Crippen molar-refractivity contribution < 1.29 is 14.7 Å². The topological polar surface area (TPSA) is 92.2 Å². The van der Waals surface area contributed by atoms with Gasteiger partial charge in [-0.05, 0) is 11.6 Å². The number of nitrogens with zero attached hydrogens (tertiary/aromatic N) is 2. The van der Waals surface area contributed by atoms with Crippen LogP contribution in [0.4, 0.5) is 5.82 Å². The minimum atomic E-state index is -1.10. The normalized spacial score (nSPS) is 10.2. The Labute approximate surface area is 129 Å². The number of carbonyl (C=O) groups excluding carboxylic acids is 1. The largest absolute Gasteiger partial charge is 0.478 e. The number of carboxylic acids is 1. The zero-order chi connectivity index (χ0) is 15.4. The Hall–Kier alpha value is -2.18. The van der Waals surface area contributed by atoms with Crippen molar-refractivity contribution in [2.45, 2.75) is 6.42 Å². The van der Waals surface area contributed by atoms with Crippen LogP contribution in [0.3, 0.4) is 0 Å². The molecule has 1 heterocycles. The fourth-order valence-corrected chi connectivity index (χ4v) is 1.95. The molecule has 0 atom stereocenters. The molecule has 2 N–H and O–H groups in total. The molecule has 1 aromatic heterocycles. The van der Waals surface area contributed by atoms with Crippen LogP contribution in [0.15, 0.2) is 30.6 Å². The van der Waals surface area contributed by atoms with Gasteiger partial charge in [0.05, 0.1) is 12.0 Å². The van der Waals surface area contributed by atoms with Gasteiger partial charge in [-0.3, -0.25) is 4.79 Å². The molecule has 2 aromatic rings. The van der Waals surface area contributed by atoms with Gasteiger partial charge in [-0.15, -0.1) is 0 Å². The van der Waals surface area contributed by atoms with Crippen molar-refractivity contribution in [2.24, 2.45) is 0 Å². The number of rotatable bonds is 4. The first-order chi connectivity index (χ1) is 9.99. The van der Waals surface area contributed by atoms with Crippen LogP contribution < -0.4 is 5.32 Å². The van der Waals surface area contributed by atoms with Gasteiger partial charge in [0.15, 0.2) is 11.0 Å². The second-order valence-electron chi connectivity index (χ2n) is 4.01. The standard InChI is InChI=1S/C13H9Cl2N3O3/c14-10-11(15)16-6-17-12(10)18-9(19)5-7-3-1-2-4-8(7)13(20)21/h1-4,6H,5H2,(H,20,21)(H,16,17,18,19). The summed E-state index contributed by atoms with van der Waals surface area (Å²) >= 11 is 11.6. The summed E-state index contributed by atoms with van der Waals surface area (Å²) < 4.78 is 0. The summed E-state index contributed by atoms with van der Waals surface area (Å²) in [6.45, 7) is 0. The van der Waals surface area contributed by atoms with Gasteiger partial charge in [-0.1, -0.05) is 41.4 Å². The molecule has 0 saturated carbocycles. The number of nitrogens with one attached hydrogen (secondary N) is 1. The van der Waals surface area contributed by atoms with Crippen molar-refractivity contribution in [3.63, 3.8) is 0 Å². The fraction of sp³-hybridized carbons (Fsp3) is 0.0769. The predicted molar refractivity (Wildman–Crippen MR) is 77.8 cm³/mol. The van der Waals surface area contributed by atoms with E-state index in [1.165, 1.54) is 6.07 Å². The van der Waals surface area contributed by atoms with Crippen molar-refractivity contribution >= 4 is 40.9 Å². The first kappa shape index (κ1) is 15.2. The smallest absolute Gasteiger partial charge is 0.335 e. The molecule has 0 aliphatic rings. The highest BCUT2D eigenvalue weighted by Crippen LogP contribution is 2.25. The molecule has 0 bridgehead atoms. The van der Waals surface area contributed by atoms with Crippen LogP contribution in [-0.4, -0.2) is 27.0 Å². The number of carboxylic acid groups (broad SMARTS) is 1. The van der Waals surface area contributed by atoms with E-state index in [0.29, 0.717) is 5.56 Å². The minimum absolute atomic E-state index is 0.0212. The second kappa shape index (κ2) is 6.51. The highest BCUT2D eigenvalue weighted by atomic mass is 35.5. The van der Waals surface area contributed by atoms with Crippen LogP contribution >= 0.6 is 23.2 Å². The fourth-order valence-electron chi connectivity index (χ4n) is 1.67. The van der Waals surface area contributed by atoms with Crippen molar-refractivity contribution in [2.75, 3.05) is 5.32 Å². The molecular weight excluding hydrogens is 317 g/mol. The van der Waals surface area contributed by atoms with E-state index in [1.54, 1.807) is 18.2 Å². The van der Waals surface area contributed by atoms with Crippen molar-refractivity contribution in [3.05, 3.63) is 51.9 Å². The molecule has 0 radical (unpaired) electrons. The van der Waals surface area contributed by atoms with Crippen LogP contribution in [0.2, 0.25) is 10.2 Å². The number of anilines is 1. The Morgan fingerprint density at radius 3 is 2.62 bits per heavy atom. The Kier molecular flexibility index (Phi) is 4.72. The highest BCUT2D eigenvalue weighted by Gasteiger charge is 2.15. The molecule has 0 aliphatic heterocycles. The van der Waals surface area contributed by atoms with Crippen LogP contribution in [0.25, 0.3) is 0 Å². The molecule has 6 nitrogen and oxygen atoms in total. The third kappa shape index (κ3) is 3.68. The summed E-state index contributed by atoms with van der Waals surface area (Å²) in [7, 11) is 0. The maximum Gasteiger partial charge on any atom is 0.335 e. The summed E-state index contributed by atoms with van der Waals surface area (Å²) in [4.78, 5) is 30.5. The van der Waals surface area contributed by atoms with E-state index < -0.39 is 11.9 Å². The van der Waals surface area contributed by atoms with E-state index in [9.17, 15) is 9.59 Å². The lowest BCUT2D eigenvalue weighted by Gasteiger charge is -2.08. The molecular formula is C13H9Cl2N3O3. The lowest BCUT2D eigenvalue weighted by Crippen LogP contribution is -2.17. The predicted octanol–water partition coefficient (Wildman–Crippen LogP) is 2.66. The van der Waals surface area contributed by atoms with E-state index in [1.807, 2.05) is 0 Å². The van der Waals surface area contributed by atoms with E-state index in [0.717, 1.165) is 6.33 Å². The number of aromatic carboxylic acids is 1. The lowest BCUT2D eigenvalue weighted by atomic mass is 10.0. The molecule has 0 unspecified atom stereocenters. The average molecular weight is 326 g/mol. The van der Waals surface area contributed by atoms with Gasteiger partial charge >= 0.3 is 5.97 Å². The van der Waals surface area contributed by atoms with Gasteiger partial charge in [-0.2, -0.15) is 0 Å². The minimum Gasteiger partial charge on any atom is -0.478 e. The van der Waals surface area contributed by atoms with Gasteiger partial charge in [-0.25, -0.2) is 14.8 Å². The van der Waals surface area contributed by atoms with Crippen LogP contribution in [-0.2, 0) is 11.2 Å².